The molecule has 3 rings (SSSR count). The zero-order valence-corrected chi connectivity index (χ0v) is 15.4. The molecule has 2 amide bonds. The van der Waals surface area contributed by atoms with Gasteiger partial charge in [-0.25, -0.2) is 10.2 Å². The second kappa shape index (κ2) is 8.36. The number of anilines is 1. The number of urea groups is 1. The third-order valence-electron chi connectivity index (χ3n) is 3.81. The van der Waals surface area contributed by atoms with Crippen molar-refractivity contribution in [1.29, 1.82) is 0 Å². The molecule has 0 aliphatic heterocycles. The number of nitrogens with zero attached hydrogens (tertiary/aromatic N) is 2. The van der Waals surface area contributed by atoms with Crippen molar-refractivity contribution in [2.75, 3.05) is 5.32 Å². The van der Waals surface area contributed by atoms with Crippen LogP contribution in [0.3, 0.4) is 0 Å². The van der Waals surface area contributed by atoms with Crippen molar-refractivity contribution < 1.29 is 14.1 Å². The summed E-state index contributed by atoms with van der Waals surface area (Å²) in [6, 6.07) is 14.3. The quantitative estimate of drug-likeness (QED) is 0.359. The first kappa shape index (κ1) is 19.1. The summed E-state index contributed by atoms with van der Waals surface area (Å²) in [4.78, 5) is 22.1. The van der Waals surface area contributed by atoms with Gasteiger partial charge in [0.05, 0.1) is 16.2 Å². The number of rotatable bonds is 5. The highest BCUT2D eigenvalue weighted by atomic mass is 35.5. The maximum absolute atomic E-state index is 11.9. The van der Waals surface area contributed by atoms with E-state index in [4.69, 9.17) is 16.0 Å². The fourth-order valence-electron chi connectivity index (χ4n) is 2.40. The zero-order valence-electron chi connectivity index (χ0n) is 14.7. The molecule has 0 unspecified atom stereocenters. The summed E-state index contributed by atoms with van der Waals surface area (Å²) in [6.45, 7) is 1.88. The highest BCUT2D eigenvalue weighted by Crippen LogP contribution is 2.32. The molecule has 0 atom stereocenters. The Hall–Kier alpha value is -3.65. The molecular formula is C19H15ClN4O4. The molecule has 0 saturated heterocycles. The number of nitro benzene ring substituents is 1. The number of nitro groups is 1. The molecular weight excluding hydrogens is 384 g/mol. The minimum Gasteiger partial charge on any atom is -0.455 e. The van der Waals surface area contributed by atoms with Crippen LogP contribution in [-0.2, 0) is 0 Å². The van der Waals surface area contributed by atoms with Crippen molar-refractivity contribution in [2.45, 2.75) is 6.92 Å². The number of carbonyl (C=O) groups is 1. The maximum atomic E-state index is 11.9. The predicted molar refractivity (Wildman–Crippen MR) is 107 cm³/mol. The van der Waals surface area contributed by atoms with Gasteiger partial charge >= 0.3 is 6.03 Å². The third-order valence-corrected chi connectivity index (χ3v) is 4.12. The highest BCUT2D eigenvalue weighted by Gasteiger charge is 2.13. The van der Waals surface area contributed by atoms with Crippen LogP contribution in [0.25, 0.3) is 11.3 Å². The molecule has 0 bridgehead atoms. The topological polar surface area (TPSA) is 110 Å². The molecule has 28 heavy (non-hydrogen) atoms. The van der Waals surface area contributed by atoms with E-state index >= 15 is 0 Å². The first-order chi connectivity index (χ1) is 13.4. The molecule has 2 N–H and O–H groups in total. The van der Waals surface area contributed by atoms with Crippen molar-refractivity contribution in [3.63, 3.8) is 0 Å². The number of aryl methyl sites for hydroxylation is 1. The molecule has 9 heteroatoms. The van der Waals surface area contributed by atoms with Gasteiger partial charge in [-0.1, -0.05) is 29.8 Å². The Morgan fingerprint density at radius 1 is 1.21 bits per heavy atom. The number of halogens is 1. The van der Waals surface area contributed by atoms with Gasteiger partial charge in [-0.15, -0.1) is 0 Å². The molecule has 142 valence electrons. The van der Waals surface area contributed by atoms with E-state index in [1.54, 1.807) is 18.2 Å². The maximum Gasteiger partial charge on any atom is 0.339 e. The molecule has 2 aromatic carbocycles. The van der Waals surface area contributed by atoms with Gasteiger partial charge in [0.15, 0.2) is 0 Å². The number of amides is 2. The Labute approximate surface area is 165 Å². The molecule has 3 aromatic rings. The van der Waals surface area contributed by atoms with Gasteiger partial charge in [-0.05, 0) is 36.8 Å². The fraction of sp³-hybridized carbons (Fsp3) is 0.0526. The van der Waals surface area contributed by atoms with E-state index in [9.17, 15) is 14.9 Å². The SMILES string of the molecule is Cc1ccccc1NC(=O)NN=Cc1ccc(-c2ccc([N+](=O)[O-])cc2Cl)o1. The summed E-state index contributed by atoms with van der Waals surface area (Å²) in [5.74, 6) is 0.798. The Balaban J connectivity index is 1.64. The number of hydrogen-bond donors (Lipinski definition) is 2. The third kappa shape index (κ3) is 4.54. The molecule has 0 aliphatic carbocycles. The van der Waals surface area contributed by atoms with Crippen LogP contribution in [0.5, 0.6) is 0 Å². The largest absolute Gasteiger partial charge is 0.455 e. The standard InChI is InChI=1S/C19H15ClN4O4/c1-12-4-2-3-5-17(12)22-19(25)23-21-11-14-7-9-18(28-14)15-8-6-13(24(26)27)10-16(15)20/h2-11H,1H3,(H2,22,23,25). The van der Waals surface area contributed by atoms with Crippen molar-refractivity contribution in [1.82, 2.24) is 5.43 Å². The lowest BCUT2D eigenvalue weighted by Crippen LogP contribution is -2.24. The van der Waals surface area contributed by atoms with E-state index in [0.29, 0.717) is 22.8 Å². The summed E-state index contributed by atoms with van der Waals surface area (Å²) in [5.41, 5.74) is 4.36. The Bertz CT molecular complexity index is 1060. The van der Waals surface area contributed by atoms with Crippen molar-refractivity contribution >= 4 is 35.2 Å². The Kier molecular flexibility index (Phi) is 5.71. The highest BCUT2D eigenvalue weighted by molar-refractivity contribution is 6.33. The van der Waals surface area contributed by atoms with Crippen LogP contribution in [-0.4, -0.2) is 17.2 Å². The first-order valence-electron chi connectivity index (χ1n) is 8.14. The van der Waals surface area contributed by atoms with Gasteiger partial charge < -0.3 is 9.73 Å². The molecule has 0 fully saturated rings. The molecule has 0 aliphatic rings. The lowest BCUT2D eigenvalue weighted by molar-refractivity contribution is -0.384. The number of furan rings is 1. The number of hydrazone groups is 1. The lowest BCUT2D eigenvalue weighted by Gasteiger charge is -2.06. The van der Waals surface area contributed by atoms with Crippen molar-refractivity contribution in [2.24, 2.45) is 5.10 Å². The number of non-ortho nitro benzene ring substituents is 1. The van der Waals surface area contributed by atoms with Crippen LogP contribution in [0.1, 0.15) is 11.3 Å². The van der Waals surface area contributed by atoms with Crippen LogP contribution in [0.4, 0.5) is 16.2 Å². The Morgan fingerprint density at radius 3 is 2.71 bits per heavy atom. The molecule has 0 radical (unpaired) electrons. The van der Waals surface area contributed by atoms with Crippen LogP contribution in [0.15, 0.2) is 64.1 Å². The van der Waals surface area contributed by atoms with Crippen LogP contribution in [0.2, 0.25) is 5.02 Å². The summed E-state index contributed by atoms with van der Waals surface area (Å²) in [5, 5.41) is 17.5. The van der Waals surface area contributed by atoms with E-state index in [1.807, 2.05) is 25.1 Å². The molecule has 0 saturated carbocycles. The number of nitrogens with one attached hydrogen (secondary N) is 2. The van der Waals surface area contributed by atoms with Crippen molar-refractivity contribution in [3.8, 4) is 11.3 Å². The monoisotopic (exact) mass is 398 g/mol. The van der Waals surface area contributed by atoms with Crippen LogP contribution < -0.4 is 10.7 Å². The number of para-hydroxylation sites is 1. The molecule has 1 aromatic heterocycles. The molecule has 8 nitrogen and oxygen atoms in total. The number of carbonyl (C=O) groups excluding carboxylic acids is 1. The van der Waals surface area contributed by atoms with E-state index < -0.39 is 11.0 Å². The number of hydrogen-bond acceptors (Lipinski definition) is 5. The van der Waals surface area contributed by atoms with Gasteiger partial charge in [0.2, 0.25) is 0 Å². The van der Waals surface area contributed by atoms with E-state index in [2.05, 4.69) is 15.8 Å². The second-order valence-corrected chi connectivity index (χ2v) is 6.17. The summed E-state index contributed by atoms with van der Waals surface area (Å²) in [7, 11) is 0. The second-order valence-electron chi connectivity index (χ2n) is 5.76. The number of benzene rings is 2. The van der Waals surface area contributed by atoms with Gasteiger partial charge in [-0.3, -0.25) is 10.1 Å². The minimum absolute atomic E-state index is 0.106. The molecule has 1 heterocycles. The van der Waals surface area contributed by atoms with E-state index in [0.717, 1.165) is 5.56 Å². The normalized spacial score (nSPS) is 10.8. The average Bonchev–Trinajstić information content (AvgIpc) is 3.12. The summed E-state index contributed by atoms with van der Waals surface area (Å²) < 4.78 is 5.59. The van der Waals surface area contributed by atoms with Gasteiger partial charge in [-0.2, -0.15) is 5.10 Å². The summed E-state index contributed by atoms with van der Waals surface area (Å²) in [6.07, 6.45) is 1.33. The molecule has 0 spiro atoms. The first-order valence-corrected chi connectivity index (χ1v) is 8.51. The van der Waals surface area contributed by atoms with Crippen molar-refractivity contribution in [3.05, 3.63) is 81.1 Å². The summed E-state index contributed by atoms with van der Waals surface area (Å²) >= 11 is 6.09. The smallest absolute Gasteiger partial charge is 0.339 e. The zero-order chi connectivity index (χ0) is 20.1. The van der Waals surface area contributed by atoms with Gasteiger partial charge in [0.1, 0.15) is 11.5 Å². The van der Waals surface area contributed by atoms with Gasteiger partial charge in [0.25, 0.3) is 5.69 Å². The fourth-order valence-corrected chi connectivity index (χ4v) is 2.67. The van der Waals surface area contributed by atoms with Gasteiger partial charge in [0, 0.05) is 23.4 Å². The Morgan fingerprint density at radius 2 is 2.00 bits per heavy atom. The van der Waals surface area contributed by atoms with E-state index in [-0.39, 0.29) is 10.7 Å². The van der Waals surface area contributed by atoms with E-state index in [1.165, 1.54) is 24.4 Å². The minimum atomic E-state index is -0.524. The average molecular weight is 399 g/mol. The lowest BCUT2D eigenvalue weighted by atomic mass is 10.1. The van der Waals surface area contributed by atoms with Crippen LogP contribution >= 0.6 is 11.6 Å². The van der Waals surface area contributed by atoms with Crippen LogP contribution in [0, 0.1) is 17.0 Å². The predicted octanol–water partition coefficient (Wildman–Crippen LogP) is 4.97.